The Morgan fingerprint density at radius 2 is 2.50 bits per heavy atom. The highest BCUT2D eigenvalue weighted by molar-refractivity contribution is 5.72. The molecule has 0 spiro atoms. The van der Waals surface area contributed by atoms with Crippen LogP contribution in [0.2, 0.25) is 0 Å². The number of nitrogens with one attached hydrogen (secondary N) is 1. The highest BCUT2D eigenvalue weighted by Gasteiger charge is 2.01. The molecule has 0 aromatic carbocycles. The highest BCUT2D eigenvalue weighted by Crippen LogP contribution is 1.93. The first-order chi connectivity index (χ1) is 5.74. The Morgan fingerprint density at radius 1 is 1.75 bits per heavy atom. The van der Waals surface area contributed by atoms with Gasteiger partial charge in [0.2, 0.25) is 5.91 Å². The summed E-state index contributed by atoms with van der Waals surface area (Å²) in [7, 11) is 0. The van der Waals surface area contributed by atoms with Gasteiger partial charge in [-0.05, 0) is 6.92 Å². The summed E-state index contributed by atoms with van der Waals surface area (Å²) < 4.78 is 1.88. The van der Waals surface area contributed by atoms with E-state index in [1.165, 1.54) is 6.92 Å². The molecule has 0 bridgehead atoms. The fourth-order valence-electron chi connectivity index (χ4n) is 0.883. The van der Waals surface area contributed by atoms with Gasteiger partial charge in [0, 0.05) is 13.5 Å². The van der Waals surface area contributed by atoms with Gasteiger partial charge in [0.15, 0.2) is 5.82 Å². The van der Waals surface area contributed by atoms with Crippen molar-refractivity contribution in [3.63, 3.8) is 0 Å². The topological polar surface area (TPSA) is 59.8 Å². The maximum atomic E-state index is 10.6. The van der Waals surface area contributed by atoms with Crippen molar-refractivity contribution in [2.24, 2.45) is 0 Å². The molecule has 0 saturated heterocycles. The molecule has 1 amide bonds. The summed E-state index contributed by atoms with van der Waals surface area (Å²) in [6, 6.07) is 0. The SMILES string of the molecule is CCn1cnnc1CNC(C)=O. The van der Waals surface area contributed by atoms with E-state index in [0.717, 1.165) is 12.4 Å². The van der Waals surface area contributed by atoms with Crippen LogP contribution in [0, 0.1) is 0 Å². The second-order valence-corrected chi connectivity index (χ2v) is 2.44. The first-order valence-electron chi connectivity index (χ1n) is 3.85. The van der Waals surface area contributed by atoms with Crippen LogP contribution in [0.15, 0.2) is 6.33 Å². The zero-order valence-electron chi connectivity index (χ0n) is 7.24. The van der Waals surface area contributed by atoms with Crippen LogP contribution < -0.4 is 5.32 Å². The summed E-state index contributed by atoms with van der Waals surface area (Å²) in [5.74, 6) is 0.730. The van der Waals surface area contributed by atoms with Gasteiger partial charge in [-0.15, -0.1) is 10.2 Å². The molecule has 66 valence electrons. The maximum Gasteiger partial charge on any atom is 0.217 e. The van der Waals surface area contributed by atoms with Crippen LogP contribution in [0.25, 0.3) is 0 Å². The number of nitrogens with zero attached hydrogens (tertiary/aromatic N) is 3. The van der Waals surface area contributed by atoms with Crippen molar-refractivity contribution >= 4 is 5.91 Å². The summed E-state index contributed by atoms with van der Waals surface area (Å²) in [5.41, 5.74) is 0. The number of hydrogen-bond acceptors (Lipinski definition) is 3. The molecule has 0 saturated carbocycles. The number of rotatable bonds is 3. The minimum Gasteiger partial charge on any atom is -0.349 e. The predicted molar refractivity (Wildman–Crippen MR) is 43.2 cm³/mol. The average Bonchev–Trinajstić information content (AvgIpc) is 2.47. The van der Waals surface area contributed by atoms with E-state index in [1.54, 1.807) is 6.33 Å². The van der Waals surface area contributed by atoms with E-state index in [2.05, 4.69) is 15.5 Å². The van der Waals surface area contributed by atoms with Crippen LogP contribution in [0.3, 0.4) is 0 Å². The Bertz CT molecular complexity index is 268. The van der Waals surface area contributed by atoms with Crippen LogP contribution in [0.4, 0.5) is 0 Å². The van der Waals surface area contributed by atoms with Crippen molar-refractivity contribution in [2.75, 3.05) is 0 Å². The molecular formula is C7H12N4O. The molecule has 5 heteroatoms. The number of aryl methyl sites for hydroxylation is 1. The van der Waals surface area contributed by atoms with Gasteiger partial charge in [0.25, 0.3) is 0 Å². The summed E-state index contributed by atoms with van der Waals surface area (Å²) in [5, 5.41) is 10.3. The number of carbonyl (C=O) groups is 1. The van der Waals surface area contributed by atoms with Crippen molar-refractivity contribution < 1.29 is 4.79 Å². The van der Waals surface area contributed by atoms with E-state index < -0.39 is 0 Å². The van der Waals surface area contributed by atoms with Gasteiger partial charge in [-0.3, -0.25) is 4.79 Å². The van der Waals surface area contributed by atoms with Gasteiger partial charge in [0.1, 0.15) is 6.33 Å². The molecule has 1 N–H and O–H groups in total. The maximum absolute atomic E-state index is 10.6. The molecule has 1 aromatic heterocycles. The molecule has 0 aliphatic heterocycles. The van der Waals surface area contributed by atoms with Gasteiger partial charge >= 0.3 is 0 Å². The molecule has 0 atom stereocenters. The lowest BCUT2D eigenvalue weighted by Gasteiger charge is -2.02. The van der Waals surface area contributed by atoms with Gasteiger partial charge in [-0.1, -0.05) is 0 Å². The Hall–Kier alpha value is -1.39. The number of hydrogen-bond donors (Lipinski definition) is 1. The molecule has 0 unspecified atom stereocenters. The summed E-state index contributed by atoms with van der Waals surface area (Å²) >= 11 is 0. The van der Waals surface area contributed by atoms with Gasteiger partial charge in [-0.2, -0.15) is 0 Å². The average molecular weight is 168 g/mol. The minimum absolute atomic E-state index is 0.0550. The van der Waals surface area contributed by atoms with Crippen LogP contribution in [-0.4, -0.2) is 20.7 Å². The van der Waals surface area contributed by atoms with Gasteiger partial charge in [0.05, 0.1) is 6.54 Å². The van der Waals surface area contributed by atoms with Crippen LogP contribution >= 0.6 is 0 Å². The quantitative estimate of drug-likeness (QED) is 0.687. The minimum atomic E-state index is -0.0550. The third-order valence-electron chi connectivity index (χ3n) is 1.53. The second kappa shape index (κ2) is 3.85. The molecule has 12 heavy (non-hydrogen) atoms. The molecule has 5 nitrogen and oxygen atoms in total. The van der Waals surface area contributed by atoms with E-state index >= 15 is 0 Å². The highest BCUT2D eigenvalue weighted by atomic mass is 16.1. The van der Waals surface area contributed by atoms with E-state index in [1.807, 2.05) is 11.5 Å². The summed E-state index contributed by atoms with van der Waals surface area (Å²) in [4.78, 5) is 10.6. The second-order valence-electron chi connectivity index (χ2n) is 2.44. The monoisotopic (exact) mass is 168 g/mol. The lowest BCUT2D eigenvalue weighted by molar-refractivity contribution is -0.119. The van der Waals surface area contributed by atoms with E-state index in [4.69, 9.17) is 0 Å². The van der Waals surface area contributed by atoms with Crippen molar-refractivity contribution in [1.82, 2.24) is 20.1 Å². The zero-order valence-corrected chi connectivity index (χ0v) is 7.24. The smallest absolute Gasteiger partial charge is 0.217 e. The third kappa shape index (κ3) is 2.05. The van der Waals surface area contributed by atoms with Crippen molar-refractivity contribution in [1.29, 1.82) is 0 Å². The number of carbonyl (C=O) groups excluding carboxylic acids is 1. The Balaban J connectivity index is 2.56. The Labute approximate surface area is 70.8 Å². The molecule has 1 heterocycles. The third-order valence-corrected chi connectivity index (χ3v) is 1.53. The van der Waals surface area contributed by atoms with Crippen molar-refractivity contribution in [3.8, 4) is 0 Å². The normalized spacial score (nSPS) is 9.83. The first-order valence-corrected chi connectivity index (χ1v) is 3.85. The van der Waals surface area contributed by atoms with Gasteiger partial charge < -0.3 is 9.88 Å². The molecule has 1 rings (SSSR count). The largest absolute Gasteiger partial charge is 0.349 e. The molecule has 1 aromatic rings. The summed E-state index contributed by atoms with van der Waals surface area (Å²) in [6.07, 6.45) is 1.65. The van der Waals surface area contributed by atoms with Crippen LogP contribution in [0.1, 0.15) is 19.7 Å². The van der Waals surface area contributed by atoms with E-state index in [9.17, 15) is 4.79 Å². The molecular weight excluding hydrogens is 156 g/mol. The number of amides is 1. The summed E-state index contributed by atoms with van der Waals surface area (Å²) in [6.45, 7) is 4.75. The fraction of sp³-hybridized carbons (Fsp3) is 0.571. The van der Waals surface area contributed by atoms with E-state index in [0.29, 0.717) is 6.54 Å². The Kier molecular flexibility index (Phi) is 2.79. The standard InChI is InChI=1S/C7H12N4O/c1-3-11-5-9-10-7(11)4-8-6(2)12/h5H,3-4H2,1-2H3,(H,8,12). The van der Waals surface area contributed by atoms with E-state index in [-0.39, 0.29) is 5.91 Å². The predicted octanol–water partition coefficient (Wildman–Crippen LogP) is -0.0659. The number of aromatic nitrogens is 3. The lowest BCUT2D eigenvalue weighted by atomic mass is 10.5. The van der Waals surface area contributed by atoms with Crippen LogP contribution in [-0.2, 0) is 17.9 Å². The first kappa shape index (κ1) is 8.70. The molecule has 0 radical (unpaired) electrons. The van der Waals surface area contributed by atoms with Gasteiger partial charge in [-0.25, -0.2) is 0 Å². The molecule has 0 fully saturated rings. The molecule has 0 aliphatic carbocycles. The molecule has 0 aliphatic rings. The Morgan fingerprint density at radius 3 is 3.08 bits per heavy atom. The van der Waals surface area contributed by atoms with Crippen molar-refractivity contribution in [2.45, 2.75) is 26.9 Å². The zero-order chi connectivity index (χ0) is 8.97. The van der Waals surface area contributed by atoms with Crippen LogP contribution in [0.5, 0.6) is 0 Å². The van der Waals surface area contributed by atoms with Crippen molar-refractivity contribution in [3.05, 3.63) is 12.2 Å². The fourth-order valence-corrected chi connectivity index (χ4v) is 0.883. The lowest BCUT2D eigenvalue weighted by Crippen LogP contribution is -2.21.